The Labute approximate surface area is 214 Å². The third kappa shape index (κ3) is 6.24. The fraction of sp³-hybridized carbons (Fsp3) is 0.300. The normalized spacial score (nSPS) is 17.7. The highest BCUT2D eigenvalue weighted by Gasteiger charge is 2.32. The van der Waals surface area contributed by atoms with Gasteiger partial charge in [-0.25, -0.2) is 8.42 Å². The van der Waals surface area contributed by atoms with Gasteiger partial charge in [0.15, 0.2) is 9.84 Å². The lowest BCUT2D eigenvalue weighted by Crippen LogP contribution is -2.39. The number of rotatable bonds is 8. The van der Waals surface area contributed by atoms with Gasteiger partial charge in [-0.2, -0.15) is 0 Å². The van der Waals surface area contributed by atoms with Gasteiger partial charge < -0.3 is 10.6 Å². The van der Waals surface area contributed by atoms with Crippen molar-refractivity contribution in [2.24, 2.45) is 0 Å². The van der Waals surface area contributed by atoms with Crippen molar-refractivity contribution in [1.82, 2.24) is 5.32 Å². The molecule has 0 fully saturated rings. The van der Waals surface area contributed by atoms with Crippen LogP contribution in [-0.4, -0.2) is 25.9 Å². The first-order valence-corrected chi connectivity index (χ1v) is 13.9. The van der Waals surface area contributed by atoms with E-state index in [-0.39, 0.29) is 16.3 Å². The predicted octanol–water partition coefficient (Wildman–Crippen LogP) is 6.10. The Morgan fingerprint density at radius 3 is 2.39 bits per heavy atom. The van der Waals surface area contributed by atoms with Gasteiger partial charge in [0.25, 0.3) is 5.91 Å². The van der Waals surface area contributed by atoms with Crippen molar-refractivity contribution in [2.45, 2.75) is 62.4 Å². The number of anilines is 1. The standard InChI is InChI=1S/C30H34N2O3S/c1-22-21-30(2,3)32-28-26(22)15-10-16-27(28)29(33)31-24(18-17-23-11-6-4-7-12-23)19-20-36(34,35)25-13-8-5-9-14-25/h4-16,19-20,22,24,32H,17-18,21H2,1-3H3,(H,31,33). The van der Waals surface area contributed by atoms with Gasteiger partial charge >= 0.3 is 0 Å². The second-order valence-electron chi connectivity index (χ2n) is 10.2. The molecule has 0 spiro atoms. The average Bonchev–Trinajstić information content (AvgIpc) is 2.86. The highest BCUT2D eigenvalue weighted by Crippen LogP contribution is 2.40. The smallest absolute Gasteiger partial charge is 0.253 e. The van der Waals surface area contributed by atoms with E-state index in [0.29, 0.717) is 24.3 Å². The Bertz CT molecular complexity index is 1330. The van der Waals surface area contributed by atoms with Gasteiger partial charge in [-0.3, -0.25) is 4.79 Å². The summed E-state index contributed by atoms with van der Waals surface area (Å²) in [5, 5.41) is 7.85. The molecule has 3 aromatic rings. The van der Waals surface area contributed by atoms with Crippen molar-refractivity contribution < 1.29 is 13.2 Å². The zero-order chi connectivity index (χ0) is 25.8. The van der Waals surface area contributed by atoms with Gasteiger partial charge in [0.05, 0.1) is 16.1 Å². The topological polar surface area (TPSA) is 75.3 Å². The van der Waals surface area contributed by atoms with Crippen LogP contribution in [0.15, 0.2) is 95.2 Å². The fourth-order valence-electron chi connectivity index (χ4n) is 4.89. The number of aryl methyl sites for hydroxylation is 1. The molecule has 0 saturated carbocycles. The van der Waals surface area contributed by atoms with Crippen molar-refractivity contribution in [1.29, 1.82) is 0 Å². The van der Waals surface area contributed by atoms with Crippen LogP contribution in [0, 0.1) is 0 Å². The lowest BCUT2D eigenvalue weighted by atomic mass is 9.81. The maximum Gasteiger partial charge on any atom is 0.253 e. The van der Waals surface area contributed by atoms with E-state index in [2.05, 4.69) is 37.5 Å². The van der Waals surface area contributed by atoms with Crippen LogP contribution in [0.25, 0.3) is 0 Å². The molecular formula is C30H34N2O3S. The van der Waals surface area contributed by atoms with Gasteiger partial charge in [-0.1, -0.05) is 73.7 Å². The van der Waals surface area contributed by atoms with E-state index in [4.69, 9.17) is 0 Å². The number of para-hydroxylation sites is 1. The third-order valence-corrected chi connectivity index (χ3v) is 8.06. The number of benzene rings is 3. The van der Waals surface area contributed by atoms with Crippen molar-refractivity contribution in [3.05, 3.63) is 107 Å². The third-order valence-electron chi connectivity index (χ3n) is 6.62. The van der Waals surface area contributed by atoms with Gasteiger partial charge in [0, 0.05) is 17.0 Å². The zero-order valence-corrected chi connectivity index (χ0v) is 21.9. The maximum absolute atomic E-state index is 13.5. The molecule has 4 rings (SSSR count). The Morgan fingerprint density at radius 1 is 1.03 bits per heavy atom. The number of nitrogens with one attached hydrogen (secondary N) is 2. The van der Waals surface area contributed by atoms with E-state index < -0.39 is 15.9 Å². The Balaban J connectivity index is 1.59. The molecule has 2 unspecified atom stereocenters. The van der Waals surface area contributed by atoms with E-state index in [1.54, 1.807) is 36.4 Å². The summed E-state index contributed by atoms with van der Waals surface area (Å²) in [6.45, 7) is 6.46. The fourth-order valence-corrected chi connectivity index (χ4v) is 5.98. The number of amides is 1. The van der Waals surface area contributed by atoms with Crippen LogP contribution in [0.3, 0.4) is 0 Å². The second kappa shape index (κ2) is 10.7. The molecule has 1 aliphatic rings. The van der Waals surface area contributed by atoms with Crippen LogP contribution in [0.2, 0.25) is 0 Å². The van der Waals surface area contributed by atoms with E-state index in [1.807, 2.05) is 42.5 Å². The van der Waals surface area contributed by atoms with Crippen LogP contribution in [0.1, 0.15) is 61.0 Å². The van der Waals surface area contributed by atoms with E-state index in [9.17, 15) is 13.2 Å². The zero-order valence-electron chi connectivity index (χ0n) is 21.1. The molecule has 1 heterocycles. The average molecular weight is 503 g/mol. The van der Waals surface area contributed by atoms with Gasteiger partial charge in [0.2, 0.25) is 0 Å². The number of carbonyl (C=O) groups is 1. The van der Waals surface area contributed by atoms with Crippen LogP contribution in [0.4, 0.5) is 5.69 Å². The summed E-state index contributed by atoms with van der Waals surface area (Å²) in [5.74, 6) is 0.109. The second-order valence-corrected chi connectivity index (χ2v) is 12.0. The maximum atomic E-state index is 13.5. The number of hydrogen-bond donors (Lipinski definition) is 2. The number of sulfone groups is 1. The molecule has 6 heteroatoms. The molecule has 36 heavy (non-hydrogen) atoms. The predicted molar refractivity (Wildman–Crippen MR) is 146 cm³/mol. The minimum Gasteiger partial charge on any atom is -0.379 e. The summed E-state index contributed by atoms with van der Waals surface area (Å²) < 4.78 is 25.7. The van der Waals surface area contributed by atoms with Gasteiger partial charge in [-0.15, -0.1) is 0 Å². The van der Waals surface area contributed by atoms with Crippen LogP contribution >= 0.6 is 0 Å². The molecule has 3 aromatic carbocycles. The summed E-state index contributed by atoms with van der Waals surface area (Å²) in [7, 11) is -3.62. The SMILES string of the molecule is CC1CC(C)(C)Nc2c(C(=O)NC(C=CS(=O)(=O)c3ccccc3)CCc3ccccc3)cccc21. The van der Waals surface area contributed by atoms with Crippen molar-refractivity contribution >= 4 is 21.4 Å². The molecule has 1 amide bonds. The quantitative estimate of drug-likeness (QED) is 0.390. The first kappa shape index (κ1) is 25.7. The summed E-state index contributed by atoms with van der Waals surface area (Å²) in [4.78, 5) is 13.7. The molecule has 0 radical (unpaired) electrons. The minimum absolute atomic E-state index is 0.126. The van der Waals surface area contributed by atoms with Gasteiger partial charge in [-0.05, 0) is 68.4 Å². The molecule has 0 saturated heterocycles. The Hall–Kier alpha value is -3.38. The highest BCUT2D eigenvalue weighted by molar-refractivity contribution is 7.94. The lowest BCUT2D eigenvalue weighted by Gasteiger charge is -2.38. The number of carbonyl (C=O) groups excluding carboxylic acids is 1. The number of fused-ring (bicyclic) bond motifs is 1. The minimum atomic E-state index is -3.62. The van der Waals surface area contributed by atoms with E-state index in [0.717, 1.165) is 23.2 Å². The van der Waals surface area contributed by atoms with Crippen LogP contribution in [0.5, 0.6) is 0 Å². The van der Waals surface area contributed by atoms with E-state index in [1.165, 1.54) is 5.41 Å². The molecular weight excluding hydrogens is 468 g/mol. The Morgan fingerprint density at radius 2 is 1.69 bits per heavy atom. The molecule has 1 aliphatic heterocycles. The summed E-state index contributed by atoms with van der Waals surface area (Å²) in [5.41, 5.74) is 3.58. The molecule has 188 valence electrons. The summed E-state index contributed by atoms with van der Waals surface area (Å²) in [6, 6.07) is 23.6. The van der Waals surface area contributed by atoms with E-state index >= 15 is 0 Å². The first-order chi connectivity index (χ1) is 17.1. The first-order valence-electron chi connectivity index (χ1n) is 12.4. The van der Waals surface area contributed by atoms with Crippen LogP contribution in [-0.2, 0) is 16.3 Å². The van der Waals surface area contributed by atoms with Crippen LogP contribution < -0.4 is 10.6 Å². The molecule has 2 atom stereocenters. The summed E-state index contributed by atoms with van der Waals surface area (Å²) >= 11 is 0. The Kier molecular flexibility index (Phi) is 7.65. The monoisotopic (exact) mass is 502 g/mol. The summed E-state index contributed by atoms with van der Waals surface area (Å²) in [6.07, 6.45) is 3.85. The molecule has 5 nitrogen and oxygen atoms in total. The largest absolute Gasteiger partial charge is 0.379 e. The molecule has 2 N–H and O–H groups in total. The van der Waals surface area contributed by atoms with Crippen molar-refractivity contribution in [3.63, 3.8) is 0 Å². The van der Waals surface area contributed by atoms with Crippen molar-refractivity contribution in [3.8, 4) is 0 Å². The highest BCUT2D eigenvalue weighted by atomic mass is 32.2. The number of hydrogen-bond acceptors (Lipinski definition) is 4. The van der Waals surface area contributed by atoms with Crippen molar-refractivity contribution in [2.75, 3.05) is 5.32 Å². The lowest BCUT2D eigenvalue weighted by molar-refractivity contribution is 0.0943. The molecule has 0 aliphatic carbocycles. The van der Waals surface area contributed by atoms with Gasteiger partial charge in [0.1, 0.15) is 0 Å². The molecule has 0 aromatic heterocycles. The molecule has 0 bridgehead atoms.